The largest absolute Gasteiger partial charge is 0.390 e. The van der Waals surface area contributed by atoms with Gasteiger partial charge in [-0.15, -0.1) is 0 Å². The number of nitrogens with one attached hydrogen (secondary N) is 1. The maximum atomic E-state index is 10.3. The lowest BCUT2D eigenvalue weighted by Crippen LogP contribution is -2.27. The zero-order valence-electron chi connectivity index (χ0n) is 15.3. The molecule has 7 nitrogen and oxygen atoms in total. The number of aromatic nitrogens is 4. The first kappa shape index (κ1) is 18.7. The van der Waals surface area contributed by atoms with Crippen LogP contribution in [0.3, 0.4) is 0 Å². The maximum Gasteiger partial charge on any atom is 0.209 e. The normalized spacial score (nSPS) is 21.5. The van der Waals surface area contributed by atoms with Crippen LogP contribution in [0.2, 0.25) is 5.02 Å². The van der Waals surface area contributed by atoms with E-state index in [1.54, 1.807) is 17.0 Å². The van der Waals surface area contributed by atoms with Crippen LogP contribution in [0, 0.1) is 11.8 Å². The highest BCUT2D eigenvalue weighted by molar-refractivity contribution is 6.31. The Balaban J connectivity index is 1.80. The van der Waals surface area contributed by atoms with E-state index < -0.39 is 12.2 Å². The number of halogens is 1. The lowest BCUT2D eigenvalue weighted by atomic mass is 10.2. The van der Waals surface area contributed by atoms with Crippen molar-refractivity contribution in [3.8, 4) is 11.8 Å². The van der Waals surface area contributed by atoms with Crippen molar-refractivity contribution in [1.82, 2.24) is 19.5 Å². The third-order valence-electron chi connectivity index (χ3n) is 4.85. The molecule has 1 aliphatic carbocycles. The van der Waals surface area contributed by atoms with Crippen molar-refractivity contribution in [3.05, 3.63) is 47.0 Å². The Kier molecular flexibility index (Phi) is 5.18. The Labute approximate surface area is 167 Å². The molecule has 1 fully saturated rings. The van der Waals surface area contributed by atoms with Crippen LogP contribution in [0.5, 0.6) is 0 Å². The molecule has 28 heavy (non-hydrogen) atoms. The van der Waals surface area contributed by atoms with Crippen molar-refractivity contribution in [1.29, 1.82) is 0 Å². The molecule has 0 radical (unpaired) electrons. The van der Waals surface area contributed by atoms with E-state index in [1.807, 2.05) is 25.1 Å². The van der Waals surface area contributed by atoms with Gasteiger partial charge in [-0.3, -0.25) is 0 Å². The zero-order chi connectivity index (χ0) is 19.7. The molecule has 0 spiro atoms. The first-order valence-electron chi connectivity index (χ1n) is 9.19. The van der Waals surface area contributed by atoms with Crippen molar-refractivity contribution in [2.45, 2.75) is 38.0 Å². The van der Waals surface area contributed by atoms with Crippen molar-refractivity contribution in [2.24, 2.45) is 0 Å². The van der Waals surface area contributed by atoms with Gasteiger partial charge in [0.05, 0.1) is 23.5 Å². The summed E-state index contributed by atoms with van der Waals surface area (Å²) in [6.07, 6.45) is 1.23. The molecule has 1 unspecified atom stereocenters. The van der Waals surface area contributed by atoms with Crippen LogP contribution >= 0.6 is 11.6 Å². The highest BCUT2D eigenvalue weighted by Crippen LogP contribution is 2.33. The summed E-state index contributed by atoms with van der Waals surface area (Å²) in [7, 11) is 0. The number of aliphatic hydroxyl groups excluding tert-OH is 2. The Bertz CT molecular complexity index is 1070. The average Bonchev–Trinajstić information content (AvgIpc) is 3.25. The summed E-state index contributed by atoms with van der Waals surface area (Å²) in [6, 6.07) is 7.04. The van der Waals surface area contributed by atoms with Crippen molar-refractivity contribution < 1.29 is 10.2 Å². The molecule has 0 saturated heterocycles. The van der Waals surface area contributed by atoms with Crippen molar-refractivity contribution >= 4 is 28.6 Å². The molecule has 4 rings (SSSR count). The minimum Gasteiger partial charge on any atom is -0.390 e. The molecule has 8 heteroatoms. The van der Waals surface area contributed by atoms with Crippen molar-refractivity contribution in [2.75, 3.05) is 11.9 Å². The smallest absolute Gasteiger partial charge is 0.209 e. The summed E-state index contributed by atoms with van der Waals surface area (Å²) in [6.45, 7) is 2.64. The molecule has 2 aromatic heterocycles. The Hall–Kier alpha value is -2.66. The first-order valence-corrected chi connectivity index (χ1v) is 9.57. The second-order valence-corrected chi connectivity index (χ2v) is 7.09. The molecule has 0 amide bonds. The van der Waals surface area contributed by atoms with E-state index in [0.29, 0.717) is 52.8 Å². The van der Waals surface area contributed by atoms with E-state index in [-0.39, 0.29) is 6.04 Å². The van der Waals surface area contributed by atoms with Gasteiger partial charge in [-0.05, 0) is 37.8 Å². The summed E-state index contributed by atoms with van der Waals surface area (Å²) >= 11 is 6.17. The number of anilines is 1. The molecule has 1 saturated carbocycles. The van der Waals surface area contributed by atoms with Crippen LogP contribution in [0.25, 0.3) is 11.2 Å². The number of rotatable bonds is 3. The Morgan fingerprint density at radius 2 is 2.04 bits per heavy atom. The molecular formula is C20H20ClN5O2. The van der Waals surface area contributed by atoms with Crippen LogP contribution in [-0.4, -0.2) is 48.5 Å². The number of nitrogens with zero attached hydrogens (tertiary/aromatic N) is 4. The molecule has 144 valence electrons. The third kappa shape index (κ3) is 3.42. The molecule has 3 N–H and O–H groups in total. The van der Waals surface area contributed by atoms with Gasteiger partial charge in [-0.25, -0.2) is 15.0 Å². The molecule has 3 aromatic rings. The van der Waals surface area contributed by atoms with Crippen LogP contribution in [-0.2, 0) is 0 Å². The molecule has 0 bridgehead atoms. The Morgan fingerprint density at radius 3 is 2.75 bits per heavy atom. The number of aliphatic hydroxyl groups is 2. The SMILES string of the molecule is CCNc1nc(C#Cc2ccccc2Cl)nc2c1ncn2[C@@H]1CCC(O)[C@H]1O. The number of hydrogen-bond acceptors (Lipinski definition) is 6. The van der Waals surface area contributed by atoms with E-state index in [0.717, 1.165) is 0 Å². The zero-order valence-corrected chi connectivity index (χ0v) is 16.1. The standard InChI is InChI=1S/C20H20ClN5O2/c1-2-22-19-17-20(26(11-23-17)14-8-9-15(27)18(14)28)25-16(24-19)10-7-12-5-3-4-6-13(12)21/h3-6,11,14-15,18,27-28H,2,8-9H2,1H3,(H,22,24,25)/t14-,15?,18+/m1/s1. The quantitative estimate of drug-likeness (QED) is 0.587. The predicted molar refractivity (Wildman–Crippen MR) is 107 cm³/mol. The summed E-state index contributed by atoms with van der Waals surface area (Å²) in [5.74, 6) is 6.89. The molecule has 1 aromatic carbocycles. The highest BCUT2D eigenvalue weighted by Gasteiger charge is 2.35. The summed E-state index contributed by atoms with van der Waals surface area (Å²) in [5.41, 5.74) is 1.88. The van der Waals surface area contributed by atoms with Crippen LogP contribution in [0.15, 0.2) is 30.6 Å². The van der Waals surface area contributed by atoms with E-state index in [2.05, 4.69) is 32.1 Å². The van der Waals surface area contributed by atoms with Gasteiger partial charge < -0.3 is 20.1 Å². The molecule has 2 heterocycles. The van der Waals surface area contributed by atoms with Crippen LogP contribution in [0.1, 0.15) is 37.2 Å². The second-order valence-electron chi connectivity index (χ2n) is 6.68. The van der Waals surface area contributed by atoms with Gasteiger partial charge in [0.15, 0.2) is 17.0 Å². The fourth-order valence-corrected chi connectivity index (χ4v) is 3.62. The number of fused-ring (bicyclic) bond motifs is 1. The monoisotopic (exact) mass is 397 g/mol. The van der Waals surface area contributed by atoms with Gasteiger partial charge in [-0.1, -0.05) is 29.7 Å². The molecule has 3 atom stereocenters. The minimum absolute atomic E-state index is 0.284. The molecule has 0 aliphatic heterocycles. The van der Waals surface area contributed by atoms with E-state index in [9.17, 15) is 10.2 Å². The minimum atomic E-state index is -0.854. The molecule has 1 aliphatic rings. The maximum absolute atomic E-state index is 10.3. The topological polar surface area (TPSA) is 96.1 Å². The van der Waals surface area contributed by atoms with E-state index in [1.165, 1.54) is 0 Å². The van der Waals surface area contributed by atoms with Gasteiger partial charge in [0.2, 0.25) is 5.82 Å². The average molecular weight is 398 g/mol. The van der Waals surface area contributed by atoms with Gasteiger partial charge >= 0.3 is 0 Å². The van der Waals surface area contributed by atoms with Gasteiger partial charge in [0, 0.05) is 12.1 Å². The third-order valence-corrected chi connectivity index (χ3v) is 5.18. The summed E-state index contributed by atoms with van der Waals surface area (Å²) in [4.78, 5) is 13.5. The highest BCUT2D eigenvalue weighted by atomic mass is 35.5. The lowest BCUT2D eigenvalue weighted by molar-refractivity contribution is 0.0241. The number of hydrogen-bond donors (Lipinski definition) is 3. The van der Waals surface area contributed by atoms with Gasteiger partial charge in [-0.2, -0.15) is 0 Å². The fraction of sp³-hybridized carbons (Fsp3) is 0.350. The molecular weight excluding hydrogens is 378 g/mol. The number of benzene rings is 1. The first-order chi connectivity index (χ1) is 13.6. The van der Waals surface area contributed by atoms with E-state index in [4.69, 9.17) is 11.6 Å². The van der Waals surface area contributed by atoms with Crippen molar-refractivity contribution in [3.63, 3.8) is 0 Å². The summed E-state index contributed by atoms with van der Waals surface area (Å²) < 4.78 is 1.80. The van der Waals surface area contributed by atoms with Crippen LogP contribution < -0.4 is 5.32 Å². The lowest BCUT2D eigenvalue weighted by Gasteiger charge is -2.18. The van der Waals surface area contributed by atoms with Gasteiger partial charge in [0.25, 0.3) is 0 Å². The van der Waals surface area contributed by atoms with Gasteiger partial charge in [0.1, 0.15) is 6.10 Å². The Morgan fingerprint density at radius 1 is 1.21 bits per heavy atom. The van der Waals surface area contributed by atoms with E-state index >= 15 is 0 Å². The van der Waals surface area contributed by atoms with Crippen LogP contribution in [0.4, 0.5) is 5.82 Å². The predicted octanol–water partition coefficient (Wildman–Crippen LogP) is 2.37. The second kappa shape index (κ2) is 7.76. The number of imidazole rings is 1. The summed E-state index contributed by atoms with van der Waals surface area (Å²) in [5, 5.41) is 24.0. The fourth-order valence-electron chi connectivity index (χ4n) is 3.43.